The summed E-state index contributed by atoms with van der Waals surface area (Å²) in [5.74, 6) is -0.179. The zero-order chi connectivity index (χ0) is 12.5. The van der Waals surface area contributed by atoms with Crippen molar-refractivity contribution in [2.75, 3.05) is 11.4 Å². The zero-order valence-electron chi connectivity index (χ0n) is 9.48. The number of anilines is 1. The fraction of sp³-hybridized carbons (Fsp3) is 0.250. The van der Waals surface area contributed by atoms with Crippen LogP contribution in [-0.2, 0) is 11.2 Å². The monoisotopic (exact) mass is 261 g/mol. The molecule has 1 atom stereocenters. The third-order valence-electron chi connectivity index (χ3n) is 3.06. The lowest BCUT2D eigenvalue weighted by atomic mass is 10.00. The fourth-order valence-electron chi connectivity index (χ4n) is 2.28. The van der Waals surface area contributed by atoms with Gasteiger partial charge in [0.05, 0.1) is 0 Å². The highest BCUT2D eigenvalue weighted by Gasteiger charge is 2.34. The van der Waals surface area contributed by atoms with Crippen LogP contribution < -0.4 is 4.90 Å². The molecule has 2 aromatic rings. The molecule has 5 nitrogen and oxygen atoms in total. The van der Waals surface area contributed by atoms with Gasteiger partial charge in [-0.2, -0.15) is 0 Å². The Morgan fingerprint density at radius 3 is 3.11 bits per heavy atom. The molecule has 0 saturated heterocycles. The summed E-state index contributed by atoms with van der Waals surface area (Å²) in [6, 6.07) is 2.99. The predicted molar refractivity (Wildman–Crippen MR) is 67.8 cm³/mol. The van der Waals surface area contributed by atoms with E-state index in [2.05, 4.69) is 9.97 Å². The number of carbonyl (C=O) groups is 1. The maximum atomic E-state index is 11.5. The Morgan fingerprint density at radius 1 is 1.50 bits per heavy atom. The number of carboxylic acid groups (broad SMARTS) is 1. The van der Waals surface area contributed by atoms with Crippen molar-refractivity contribution in [2.45, 2.75) is 12.5 Å². The molecular formula is C12H11N3O2S. The highest BCUT2D eigenvalue weighted by molar-refractivity contribution is 7.10. The van der Waals surface area contributed by atoms with E-state index in [0.29, 0.717) is 12.4 Å². The van der Waals surface area contributed by atoms with E-state index in [4.69, 9.17) is 0 Å². The van der Waals surface area contributed by atoms with E-state index < -0.39 is 12.0 Å². The lowest BCUT2D eigenvalue weighted by molar-refractivity contribution is -0.138. The van der Waals surface area contributed by atoms with Gasteiger partial charge in [0.25, 0.3) is 0 Å². The Hall–Kier alpha value is -1.95. The Bertz CT molecular complexity index is 570. The van der Waals surface area contributed by atoms with Gasteiger partial charge in [0.15, 0.2) is 6.04 Å². The molecule has 3 heterocycles. The first-order valence-electron chi connectivity index (χ1n) is 5.59. The third kappa shape index (κ3) is 1.74. The quantitative estimate of drug-likeness (QED) is 0.891. The molecule has 0 spiro atoms. The summed E-state index contributed by atoms with van der Waals surface area (Å²) < 4.78 is 0. The number of nitrogens with zero attached hydrogens (tertiary/aromatic N) is 3. The van der Waals surface area contributed by atoms with Gasteiger partial charge in [0, 0.05) is 17.6 Å². The third-order valence-corrected chi connectivity index (χ3v) is 4.06. The van der Waals surface area contributed by atoms with Crippen molar-refractivity contribution in [3.63, 3.8) is 0 Å². The molecule has 6 heteroatoms. The van der Waals surface area contributed by atoms with E-state index in [-0.39, 0.29) is 0 Å². The van der Waals surface area contributed by atoms with Crippen molar-refractivity contribution in [3.8, 4) is 0 Å². The maximum absolute atomic E-state index is 11.5. The molecule has 0 radical (unpaired) electrons. The minimum atomic E-state index is -0.840. The van der Waals surface area contributed by atoms with Crippen LogP contribution in [0.1, 0.15) is 16.5 Å². The van der Waals surface area contributed by atoms with Crippen molar-refractivity contribution in [3.05, 3.63) is 40.5 Å². The molecule has 0 aromatic carbocycles. The van der Waals surface area contributed by atoms with E-state index >= 15 is 0 Å². The first-order chi connectivity index (χ1) is 8.77. The molecule has 0 saturated carbocycles. The number of aliphatic carboxylic acids is 1. The molecule has 18 heavy (non-hydrogen) atoms. The van der Waals surface area contributed by atoms with Crippen LogP contribution in [-0.4, -0.2) is 27.6 Å². The second kappa shape index (κ2) is 4.38. The second-order valence-corrected chi connectivity index (χ2v) is 5.05. The van der Waals surface area contributed by atoms with E-state index in [1.165, 1.54) is 6.33 Å². The van der Waals surface area contributed by atoms with Crippen molar-refractivity contribution in [1.29, 1.82) is 0 Å². The largest absolute Gasteiger partial charge is 0.479 e. The number of fused-ring (bicyclic) bond motifs is 1. The van der Waals surface area contributed by atoms with E-state index in [0.717, 1.165) is 16.9 Å². The summed E-state index contributed by atoms with van der Waals surface area (Å²) >= 11 is 1.62. The van der Waals surface area contributed by atoms with E-state index in [1.807, 2.05) is 16.3 Å². The molecule has 0 amide bonds. The highest BCUT2D eigenvalue weighted by Crippen LogP contribution is 2.35. The van der Waals surface area contributed by atoms with E-state index in [9.17, 15) is 9.90 Å². The first kappa shape index (κ1) is 11.2. The summed E-state index contributed by atoms with van der Waals surface area (Å²) in [4.78, 5) is 22.5. The maximum Gasteiger partial charge on any atom is 0.331 e. The topological polar surface area (TPSA) is 66.3 Å². The fourth-order valence-corrected chi connectivity index (χ4v) is 3.19. The Balaban J connectivity index is 2.04. The molecule has 2 aromatic heterocycles. The standard InChI is InChI=1S/C12H11N3O2S/c16-12(17)11-8-3-6-18-9(8)2-5-15(11)10-1-4-13-7-14-10/h1,3-4,6-7,11H,2,5H2,(H,16,17). The SMILES string of the molecule is O=C(O)C1c2ccsc2CCN1c1ccncn1. The van der Waals surface area contributed by atoms with Crippen LogP contribution >= 0.6 is 11.3 Å². The molecule has 3 rings (SSSR count). The molecule has 92 valence electrons. The van der Waals surface area contributed by atoms with Gasteiger partial charge >= 0.3 is 5.97 Å². The summed E-state index contributed by atoms with van der Waals surface area (Å²) in [7, 11) is 0. The van der Waals surface area contributed by atoms with Gasteiger partial charge in [-0.3, -0.25) is 0 Å². The van der Waals surface area contributed by atoms with Crippen LogP contribution in [0.4, 0.5) is 5.82 Å². The van der Waals surface area contributed by atoms with Crippen LogP contribution in [0.25, 0.3) is 0 Å². The van der Waals surface area contributed by atoms with Gasteiger partial charge in [-0.05, 0) is 29.5 Å². The van der Waals surface area contributed by atoms with Gasteiger partial charge in [0.2, 0.25) is 0 Å². The van der Waals surface area contributed by atoms with Gasteiger partial charge < -0.3 is 10.0 Å². The molecule has 0 fully saturated rings. The lowest BCUT2D eigenvalue weighted by Gasteiger charge is -2.33. The normalized spacial score (nSPS) is 18.4. The number of hydrogen-bond donors (Lipinski definition) is 1. The van der Waals surface area contributed by atoms with Crippen LogP contribution in [0.5, 0.6) is 0 Å². The van der Waals surface area contributed by atoms with Gasteiger partial charge in [-0.1, -0.05) is 0 Å². The van der Waals surface area contributed by atoms with Crippen molar-refractivity contribution >= 4 is 23.1 Å². The highest BCUT2D eigenvalue weighted by atomic mass is 32.1. The van der Waals surface area contributed by atoms with Gasteiger partial charge in [-0.25, -0.2) is 14.8 Å². The smallest absolute Gasteiger partial charge is 0.331 e. The van der Waals surface area contributed by atoms with Crippen LogP contribution in [0.3, 0.4) is 0 Å². The van der Waals surface area contributed by atoms with Crippen molar-refractivity contribution in [1.82, 2.24) is 9.97 Å². The van der Waals surface area contributed by atoms with Gasteiger partial charge in [-0.15, -0.1) is 11.3 Å². The predicted octanol–water partition coefficient (Wildman–Crippen LogP) is 1.73. The Kier molecular flexibility index (Phi) is 2.71. The molecule has 1 unspecified atom stereocenters. The van der Waals surface area contributed by atoms with Crippen LogP contribution in [0.15, 0.2) is 30.0 Å². The van der Waals surface area contributed by atoms with Gasteiger partial charge in [0.1, 0.15) is 12.1 Å². The number of carboxylic acids is 1. The second-order valence-electron chi connectivity index (χ2n) is 4.05. The molecule has 0 bridgehead atoms. The molecule has 1 aliphatic rings. The van der Waals surface area contributed by atoms with Crippen molar-refractivity contribution < 1.29 is 9.90 Å². The number of thiophene rings is 1. The van der Waals surface area contributed by atoms with Crippen LogP contribution in [0, 0.1) is 0 Å². The minimum absolute atomic E-state index is 0.644. The Labute approximate surface area is 108 Å². The molecule has 1 N–H and O–H groups in total. The molecular weight excluding hydrogens is 250 g/mol. The molecule has 0 aliphatic carbocycles. The average Bonchev–Trinajstić information content (AvgIpc) is 2.86. The van der Waals surface area contributed by atoms with E-state index in [1.54, 1.807) is 23.6 Å². The number of rotatable bonds is 2. The lowest BCUT2D eigenvalue weighted by Crippen LogP contribution is -2.39. The minimum Gasteiger partial charge on any atom is -0.479 e. The summed E-state index contributed by atoms with van der Waals surface area (Å²) in [5, 5.41) is 11.4. The zero-order valence-corrected chi connectivity index (χ0v) is 10.3. The molecule has 1 aliphatic heterocycles. The summed E-state index contributed by atoms with van der Waals surface area (Å²) in [6.07, 6.45) is 3.93. The van der Waals surface area contributed by atoms with Crippen LogP contribution in [0.2, 0.25) is 0 Å². The number of hydrogen-bond acceptors (Lipinski definition) is 5. The summed E-state index contributed by atoms with van der Waals surface area (Å²) in [6.45, 7) is 0.668. The summed E-state index contributed by atoms with van der Waals surface area (Å²) in [5.41, 5.74) is 0.886. The Morgan fingerprint density at radius 2 is 2.39 bits per heavy atom. The number of aromatic nitrogens is 2. The average molecular weight is 261 g/mol. The first-order valence-corrected chi connectivity index (χ1v) is 6.47. The van der Waals surface area contributed by atoms with Crippen molar-refractivity contribution in [2.24, 2.45) is 0 Å².